The van der Waals surface area contributed by atoms with E-state index in [4.69, 9.17) is 0 Å². The van der Waals surface area contributed by atoms with E-state index in [1.807, 2.05) is 11.9 Å². The maximum Gasteiger partial charge on any atom is 0.222 e. The van der Waals surface area contributed by atoms with Crippen molar-refractivity contribution in [2.75, 3.05) is 27.2 Å². The van der Waals surface area contributed by atoms with Crippen molar-refractivity contribution >= 4 is 5.91 Å². The highest BCUT2D eigenvalue weighted by Gasteiger charge is 2.39. The zero-order chi connectivity index (χ0) is 11.6. The molecule has 1 aliphatic rings. The lowest BCUT2D eigenvalue weighted by Gasteiger charge is -2.36. The van der Waals surface area contributed by atoms with Crippen molar-refractivity contribution < 1.29 is 4.79 Å². The van der Waals surface area contributed by atoms with Crippen molar-refractivity contribution in [3.8, 4) is 0 Å². The number of likely N-dealkylation sites (N-methyl/N-ethyl adjacent to an activating group) is 2. The molecule has 1 saturated heterocycles. The summed E-state index contributed by atoms with van der Waals surface area (Å²) in [6.45, 7) is 8.71. The summed E-state index contributed by atoms with van der Waals surface area (Å²) >= 11 is 0. The molecule has 1 rings (SSSR count). The topological polar surface area (TPSA) is 23.6 Å². The van der Waals surface area contributed by atoms with Gasteiger partial charge in [-0.3, -0.25) is 4.79 Å². The van der Waals surface area contributed by atoms with Crippen molar-refractivity contribution in [3.05, 3.63) is 0 Å². The molecule has 1 amide bonds. The van der Waals surface area contributed by atoms with Crippen LogP contribution in [0, 0.1) is 5.92 Å². The van der Waals surface area contributed by atoms with Gasteiger partial charge in [0.05, 0.1) is 5.54 Å². The molecule has 0 unspecified atom stereocenters. The van der Waals surface area contributed by atoms with E-state index in [0.717, 1.165) is 19.5 Å². The van der Waals surface area contributed by atoms with E-state index in [2.05, 4.69) is 32.7 Å². The van der Waals surface area contributed by atoms with Crippen LogP contribution in [0.25, 0.3) is 0 Å². The molecule has 1 fully saturated rings. The molecule has 1 atom stereocenters. The van der Waals surface area contributed by atoms with E-state index < -0.39 is 0 Å². The summed E-state index contributed by atoms with van der Waals surface area (Å²) in [7, 11) is 4.07. The Balaban J connectivity index is 2.53. The lowest BCUT2D eigenvalue weighted by molar-refractivity contribution is -0.129. The van der Waals surface area contributed by atoms with Gasteiger partial charge >= 0.3 is 0 Å². The van der Waals surface area contributed by atoms with Crippen molar-refractivity contribution in [1.29, 1.82) is 0 Å². The molecule has 15 heavy (non-hydrogen) atoms. The normalized spacial score (nSPS) is 27.1. The Kier molecular flexibility index (Phi) is 3.77. The lowest BCUT2D eigenvalue weighted by atomic mass is 9.98. The van der Waals surface area contributed by atoms with Gasteiger partial charge in [-0.1, -0.05) is 13.8 Å². The van der Waals surface area contributed by atoms with Crippen LogP contribution in [0.1, 0.15) is 33.6 Å². The minimum Gasteiger partial charge on any atom is -0.339 e. The fraction of sp³-hybridized carbons (Fsp3) is 0.917. The van der Waals surface area contributed by atoms with Crippen LogP contribution >= 0.6 is 0 Å². The average molecular weight is 212 g/mol. The number of carbonyl (C=O) groups is 1. The molecule has 1 aliphatic heterocycles. The van der Waals surface area contributed by atoms with Crippen molar-refractivity contribution in [1.82, 2.24) is 9.80 Å². The van der Waals surface area contributed by atoms with Crippen molar-refractivity contribution in [2.45, 2.75) is 39.2 Å². The molecule has 88 valence electrons. The van der Waals surface area contributed by atoms with Crippen LogP contribution in [0.3, 0.4) is 0 Å². The largest absolute Gasteiger partial charge is 0.339 e. The molecular formula is C12H24N2O. The molecule has 0 aromatic heterocycles. The van der Waals surface area contributed by atoms with Gasteiger partial charge in [-0.05, 0) is 26.3 Å². The highest BCUT2D eigenvalue weighted by atomic mass is 16.2. The highest BCUT2D eigenvalue weighted by molar-refractivity contribution is 5.79. The van der Waals surface area contributed by atoms with Gasteiger partial charge in [0.1, 0.15) is 0 Å². The Bertz CT molecular complexity index is 240. The van der Waals surface area contributed by atoms with Gasteiger partial charge in [0.2, 0.25) is 5.91 Å². The molecular weight excluding hydrogens is 188 g/mol. The molecule has 1 heterocycles. The SMILES string of the molecule is CC(C)CN(C)C[C@@]1(C)CCC(=O)N1C. The standard InChI is InChI=1S/C12H24N2O/c1-10(2)8-13(4)9-12(3)7-6-11(15)14(12)5/h10H,6-9H2,1-5H3/t12-/m1/s1. The molecule has 0 saturated carbocycles. The van der Waals surface area contributed by atoms with E-state index in [0.29, 0.717) is 12.3 Å². The molecule has 0 spiro atoms. The van der Waals surface area contributed by atoms with Crippen molar-refractivity contribution in [3.63, 3.8) is 0 Å². The second-order valence-corrected chi connectivity index (χ2v) is 5.54. The molecule has 0 radical (unpaired) electrons. The van der Waals surface area contributed by atoms with Gasteiger partial charge in [0.25, 0.3) is 0 Å². The molecule has 0 aromatic carbocycles. The van der Waals surface area contributed by atoms with E-state index >= 15 is 0 Å². The van der Waals surface area contributed by atoms with Gasteiger partial charge in [0, 0.05) is 26.6 Å². The van der Waals surface area contributed by atoms with E-state index in [-0.39, 0.29) is 11.4 Å². The number of nitrogens with zero attached hydrogens (tertiary/aromatic N) is 2. The first-order chi connectivity index (χ1) is 6.85. The predicted octanol–water partition coefficient (Wildman–Crippen LogP) is 1.59. The van der Waals surface area contributed by atoms with E-state index in [1.165, 1.54) is 0 Å². The summed E-state index contributed by atoms with van der Waals surface area (Å²) in [4.78, 5) is 15.8. The zero-order valence-corrected chi connectivity index (χ0v) is 10.7. The van der Waals surface area contributed by atoms with Crippen molar-refractivity contribution in [2.24, 2.45) is 5.92 Å². The predicted molar refractivity (Wildman–Crippen MR) is 62.7 cm³/mol. The number of rotatable bonds is 4. The van der Waals surface area contributed by atoms with Gasteiger partial charge in [-0.2, -0.15) is 0 Å². The zero-order valence-electron chi connectivity index (χ0n) is 10.7. The molecule has 0 bridgehead atoms. The third-order valence-electron chi connectivity index (χ3n) is 3.35. The van der Waals surface area contributed by atoms with Gasteiger partial charge < -0.3 is 9.80 Å². The summed E-state index contributed by atoms with van der Waals surface area (Å²) < 4.78 is 0. The lowest BCUT2D eigenvalue weighted by Crippen LogP contribution is -2.49. The van der Waals surface area contributed by atoms with Gasteiger partial charge in [-0.25, -0.2) is 0 Å². The Morgan fingerprint density at radius 1 is 1.53 bits per heavy atom. The molecule has 0 aliphatic carbocycles. The van der Waals surface area contributed by atoms with Crippen LogP contribution in [0.4, 0.5) is 0 Å². The van der Waals surface area contributed by atoms with Gasteiger partial charge in [0.15, 0.2) is 0 Å². The second-order valence-electron chi connectivity index (χ2n) is 5.54. The average Bonchev–Trinajstić information content (AvgIpc) is 2.32. The number of hydrogen-bond donors (Lipinski definition) is 0. The molecule has 3 heteroatoms. The summed E-state index contributed by atoms with van der Waals surface area (Å²) in [5, 5.41) is 0. The summed E-state index contributed by atoms with van der Waals surface area (Å²) in [6, 6.07) is 0. The Labute approximate surface area is 93.4 Å². The molecule has 3 nitrogen and oxygen atoms in total. The second kappa shape index (κ2) is 4.52. The third kappa shape index (κ3) is 2.94. The number of carbonyl (C=O) groups excluding carboxylic acids is 1. The first kappa shape index (κ1) is 12.5. The van der Waals surface area contributed by atoms with E-state index in [1.54, 1.807) is 0 Å². The molecule has 0 aromatic rings. The number of hydrogen-bond acceptors (Lipinski definition) is 2. The summed E-state index contributed by atoms with van der Waals surface area (Å²) in [6.07, 6.45) is 1.70. The van der Waals surface area contributed by atoms with Crippen LogP contribution in [-0.2, 0) is 4.79 Å². The Hall–Kier alpha value is -0.570. The van der Waals surface area contributed by atoms with Crippen LogP contribution in [0.5, 0.6) is 0 Å². The van der Waals surface area contributed by atoms with Crippen LogP contribution in [-0.4, -0.2) is 48.4 Å². The number of likely N-dealkylation sites (tertiary alicyclic amines) is 1. The van der Waals surface area contributed by atoms with Crippen LogP contribution in [0.2, 0.25) is 0 Å². The van der Waals surface area contributed by atoms with Gasteiger partial charge in [-0.15, -0.1) is 0 Å². The fourth-order valence-corrected chi connectivity index (χ4v) is 2.47. The maximum atomic E-state index is 11.5. The molecule has 0 N–H and O–H groups in total. The fourth-order valence-electron chi connectivity index (χ4n) is 2.47. The summed E-state index contributed by atoms with van der Waals surface area (Å²) in [5.41, 5.74) is 0.0424. The smallest absolute Gasteiger partial charge is 0.222 e. The van der Waals surface area contributed by atoms with Crippen LogP contribution in [0.15, 0.2) is 0 Å². The summed E-state index contributed by atoms with van der Waals surface area (Å²) in [5.74, 6) is 0.969. The Morgan fingerprint density at radius 2 is 2.13 bits per heavy atom. The monoisotopic (exact) mass is 212 g/mol. The highest BCUT2D eigenvalue weighted by Crippen LogP contribution is 2.28. The number of amides is 1. The van der Waals surface area contributed by atoms with Crippen LogP contribution < -0.4 is 0 Å². The third-order valence-corrected chi connectivity index (χ3v) is 3.35. The maximum absolute atomic E-state index is 11.5. The minimum absolute atomic E-state index is 0.0424. The first-order valence-corrected chi connectivity index (χ1v) is 5.80. The van der Waals surface area contributed by atoms with E-state index in [9.17, 15) is 4.79 Å². The first-order valence-electron chi connectivity index (χ1n) is 5.80. The minimum atomic E-state index is 0.0424. The quantitative estimate of drug-likeness (QED) is 0.706. The Morgan fingerprint density at radius 3 is 2.53 bits per heavy atom.